The van der Waals surface area contributed by atoms with Gasteiger partial charge in [0.1, 0.15) is 13.2 Å². The largest absolute Gasteiger partial charge is 0.462 e. The topological polar surface area (TPSA) is 78.9 Å². The van der Waals surface area contributed by atoms with E-state index in [-0.39, 0.29) is 37.5 Å². The minimum Gasteiger partial charge on any atom is -0.462 e. The first kappa shape index (κ1) is 64.1. The van der Waals surface area contributed by atoms with Gasteiger partial charge in [0.05, 0.1) is 0 Å². The molecule has 1 unspecified atom stereocenters. The SMILES string of the molecule is CCCCC/C=C\C=C/CCCCCCCCC(=O)OCC(COC(=O)CCCCCCC\C=C/C=C\C=C/CCCCCCC)OC(=O)CCC/C=C\C/C=C\C/C=C\C/C=C\CCCCC. The molecule has 0 spiro atoms. The molecule has 0 heterocycles. The molecule has 0 aliphatic heterocycles. The summed E-state index contributed by atoms with van der Waals surface area (Å²) < 4.78 is 16.8. The molecule has 0 rings (SSSR count). The van der Waals surface area contributed by atoms with E-state index in [0.29, 0.717) is 19.3 Å². The van der Waals surface area contributed by atoms with Gasteiger partial charge in [-0.3, -0.25) is 14.4 Å². The molecule has 0 saturated carbocycles. The summed E-state index contributed by atoms with van der Waals surface area (Å²) in [5, 5.41) is 0. The van der Waals surface area contributed by atoms with Crippen LogP contribution in [0, 0.1) is 0 Å². The second kappa shape index (κ2) is 55.7. The predicted octanol–water partition coefficient (Wildman–Crippen LogP) is 18.7. The van der Waals surface area contributed by atoms with E-state index in [1.165, 1.54) is 96.3 Å². The lowest BCUT2D eigenvalue weighted by Crippen LogP contribution is -2.30. The van der Waals surface area contributed by atoms with Crippen LogP contribution in [0.2, 0.25) is 0 Å². The van der Waals surface area contributed by atoms with Crippen LogP contribution in [-0.2, 0) is 28.6 Å². The van der Waals surface area contributed by atoms with Gasteiger partial charge >= 0.3 is 17.9 Å². The average molecular weight is 943 g/mol. The highest BCUT2D eigenvalue weighted by Gasteiger charge is 2.19. The molecular formula is C62H102O6. The van der Waals surface area contributed by atoms with E-state index in [2.05, 4.69) is 130 Å². The van der Waals surface area contributed by atoms with Crippen molar-refractivity contribution in [3.8, 4) is 0 Å². The van der Waals surface area contributed by atoms with Crippen molar-refractivity contribution in [1.82, 2.24) is 0 Å². The van der Waals surface area contributed by atoms with Crippen LogP contribution in [0.5, 0.6) is 0 Å². The second-order valence-electron chi connectivity index (χ2n) is 18.2. The minimum absolute atomic E-state index is 0.114. The number of esters is 3. The summed E-state index contributed by atoms with van der Waals surface area (Å²) in [5.41, 5.74) is 0. The number of carbonyl (C=O) groups is 3. The Morgan fingerprint density at radius 3 is 1.03 bits per heavy atom. The quantitative estimate of drug-likeness (QED) is 0.0199. The molecule has 0 aliphatic rings. The van der Waals surface area contributed by atoms with Gasteiger partial charge in [-0.15, -0.1) is 0 Å². The van der Waals surface area contributed by atoms with Gasteiger partial charge in [-0.2, -0.15) is 0 Å². The van der Waals surface area contributed by atoms with Gasteiger partial charge in [0.15, 0.2) is 6.10 Å². The van der Waals surface area contributed by atoms with E-state index >= 15 is 0 Å². The van der Waals surface area contributed by atoms with Crippen molar-refractivity contribution in [3.05, 3.63) is 109 Å². The number of hydrogen-bond acceptors (Lipinski definition) is 6. The smallest absolute Gasteiger partial charge is 0.306 e. The number of unbranched alkanes of at least 4 members (excludes halogenated alkanes) is 23. The van der Waals surface area contributed by atoms with Crippen LogP contribution < -0.4 is 0 Å². The summed E-state index contributed by atoms with van der Waals surface area (Å²) in [7, 11) is 0. The van der Waals surface area contributed by atoms with E-state index in [0.717, 1.165) is 103 Å². The maximum Gasteiger partial charge on any atom is 0.306 e. The van der Waals surface area contributed by atoms with Gasteiger partial charge in [0, 0.05) is 19.3 Å². The van der Waals surface area contributed by atoms with Crippen LogP contribution in [0.3, 0.4) is 0 Å². The summed E-state index contributed by atoms with van der Waals surface area (Å²) in [6.45, 7) is 6.49. The number of hydrogen-bond donors (Lipinski definition) is 0. The Kier molecular flexibility index (Phi) is 52.4. The van der Waals surface area contributed by atoms with Crippen molar-refractivity contribution in [2.75, 3.05) is 13.2 Å². The van der Waals surface area contributed by atoms with E-state index in [9.17, 15) is 14.4 Å². The monoisotopic (exact) mass is 943 g/mol. The van der Waals surface area contributed by atoms with Crippen molar-refractivity contribution < 1.29 is 28.6 Å². The standard InChI is InChI=1S/C62H102O6/c1-4-7-10-13-16-19-22-25-28-30-32-34-37-40-43-46-49-52-55-61(64)67-58-59(57-66-60(63)54-51-48-45-42-39-36-33-27-24-21-18-15-12-9-6-3)68-62(65)56-53-50-47-44-41-38-35-31-29-26-23-20-17-14-11-8-5-2/h17-18,20-22,24-30,32,34-35,38,44,47,59H,4-16,19,23,31,33,36-37,39-43,45-46,48-58H2,1-3H3/b20-17-,21-18-,25-22-,27-24-,29-26-,30-28-,34-32-,38-35-,47-44-. The van der Waals surface area contributed by atoms with Gasteiger partial charge < -0.3 is 14.2 Å². The highest BCUT2D eigenvalue weighted by Crippen LogP contribution is 2.13. The van der Waals surface area contributed by atoms with Gasteiger partial charge in [0.2, 0.25) is 0 Å². The van der Waals surface area contributed by atoms with E-state index in [1.807, 2.05) is 0 Å². The molecule has 0 aliphatic carbocycles. The van der Waals surface area contributed by atoms with Crippen molar-refractivity contribution in [3.63, 3.8) is 0 Å². The third-order valence-electron chi connectivity index (χ3n) is 11.6. The van der Waals surface area contributed by atoms with Crippen molar-refractivity contribution in [2.24, 2.45) is 0 Å². The molecule has 0 saturated heterocycles. The molecular weight excluding hydrogens is 841 g/mol. The summed E-state index contributed by atoms with van der Waals surface area (Å²) in [6, 6.07) is 0. The Hall–Kier alpha value is -3.93. The van der Waals surface area contributed by atoms with Crippen LogP contribution in [0.4, 0.5) is 0 Å². The maximum atomic E-state index is 12.8. The molecule has 0 aromatic heterocycles. The first-order chi connectivity index (χ1) is 33.5. The average Bonchev–Trinajstić information content (AvgIpc) is 3.34. The molecule has 1 atom stereocenters. The fourth-order valence-electron chi connectivity index (χ4n) is 7.31. The Labute approximate surface area is 419 Å². The van der Waals surface area contributed by atoms with Crippen LogP contribution >= 0.6 is 0 Å². The van der Waals surface area contributed by atoms with E-state index in [1.54, 1.807) is 0 Å². The Morgan fingerprint density at radius 2 is 0.603 bits per heavy atom. The summed E-state index contributed by atoms with van der Waals surface area (Å²) >= 11 is 0. The van der Waals surface area contributed by atoms with E-state index in [4.69, 9.17) is 14.2 Å². The molecule has 6 heteroatoms. The van der Waals surface area contributed by atoms with Crippen LogP contribution in [0.25, 0.3) is 0 Å². The number of allylic oxidation sites excluding steroid dienone is 18. The Balaban J connectivity index is 4.55. The normalized spacial score (nSPS) is 12.9. The van der Waals surface area contributed by atoms with Gasteiger partial charge in [0.25, 0.3) is 0 Å². The van der Waals surface area contributed by atoms with Crippen LogP contribution in [0.1, 0.15) is 245 Å². The molecule has 0 N–H and O–H groups in total. The minimum atomic E-state index is -0.822. The summed E-state index contributed by atoms with van der Waals surface area (Å²) in [5.74, 6) is -1.00. The lowest BCUT2D eigenvalue weighted by molar-refractivity contribution is -0.167. The van der Waals surface area contributed by atoms with Crippen molar-refractivity contribution >= 4 is 17.9 Å². The van der Waals surface area contributed by atoms with Crippen LogP contribution in [0.15, 0.2) is 109 Å². The Bertz CT molecular complexity index is 1410. The number of carbonyl (C=O) groups excluding carboxylic acids is 3. The molecule has 68 heavy (non-hydrogen) atoms. The summed E-state index contributed by atoms with van der Waals surface area (Å²) in [6.07, 6.45) is 75.0. The highest BCUT2D eigenvalue weighted by molar-refractivity contribution is 5.71. The first-order valence-corrected chi connectivity index (χ1v) is 27.9. The molecule has 0 amide bonds. The fraction of sp³-hybridized carbons (Fsp3) is 0.661. The maximum absolute atomic E-state index is 12.8. The van der Waals surface area contributed by atoms with Gasteiger partial charge in [-0.05, 0) is 109 Å². The number of rotatable bonds is 49. The fourth-order valence-corrected chi connectivity index (χ4v) is 7.31. The molecule has 0 aromatic rings. The molecule has 6 nitrogen and oxygen atoms in total. The van der Waals surface area contributed by atoms with Crippen molar-refractivity contribution in [1.29, 1.82) is 0 Å². The zero-order chi connectivity index (χ0) is 49.3. The highest BCUT2D eigenvalue weighted by atomic mass is 16.6. The zero-order valence-electron chi connectivity index (χ0n) is 44.1. The zero-order valence-corrected chi connectivity index (χ0v) is 44.1. The van der Waals surface area contributed by atoms with E-state index < -0.39 is 6.10 Å². The van der Waals surface area contributed by atoms with Gasteiger partial charge in [-0.1, -0.05) is 226 Å². The number of ether oxygens (including phenoxy) is 3. The molecule has 0 bridgehead atoms. The molecule has 0 aromatic carbocycles. The van der Waals surface area contributed by atoms with Gasteiger partial charge in [-0.25, -0.2) is 0 Å². The lowest BCUT2D eigenvalue weighted by atomic mass is 10.1. The molecule has 0 radical (unpaired) electrons. The molecule has 0 fully saturated rings. The predicted molar refractivity (Wildman–Crippen MR) is 293 cm³/mol. The summed E-state index contributed by atoms with van der Waals surface area (Å²) in [4.78, 5) is 38.1. The molecule has 386 valence electrons. The second-order valence-corrected chi connectivity index (χ2v) is 18.2. The first-order valence-electron chi connectivity index (χ1n) is 27.9. The Morgan fingerprint density at radius 1 is 0.309 bits per heavy atom. The third kappa shape index (κ3) is 53.0. The lowest BCUT2D eigenvalue weighted by Gasteiger charge is -2.18. The van der Waals surface area contributed by atoms with Crippen LogP contribution in [-0.4, -0.2) is 37.2 Å². The third-order valence-corrected chi connectivity index (χ3v) is 11.6. The van der Waals surface area contributed by atoms with Crippen molar-refractivity contribution in [2.45, 2.75) is 252 Å².